The van der Waals surface area contributed by atoms with E-state index in [0.29, 0.717) is 23.3 Å². The quantitative estimate of drug-likeness (QED) is 0.319. The SMILES string of the molecule is CC(C)COC(=O)c1ccc(/C=C2\N=C(c3cccc([N+](=O)[O-])c3)OC2=O)cc1. The Hall–Kier alpha value is -3.81. The molecule has 2 aromatic carbocycles. The van der Waals surface area contributed by atoms with E-state index < -0.39 is 16.9 Å². The number of non-ortho nitro benzene ring substituents is 1. The molecule has 0 aliphatic carbocycles. The van der Waals surface area contributed by atoms with Gasteiger partial charge < -0.3 is 9.47 Å². The van der Waals surface area contributed by atoms with Crippen LogP contribution in [0.2, 0.25) is 0 Å². The summed E-state index contributed by atoms with van der Waals surface area (Å²) in [5.74, 6) is -0.829. The summed E-state index contributed by atoms with van der Waals surface area (Å²) in [4.78, 5) is 38.5. The minimum absolute atomic E-state index is 0.00108. The number of esters is 2. The van der Waals surface area contributed by atoms with Crippen molar-refractivity contribution in [3.8, 4) is 0 Å². The molecule has 2 aromatic rings. The van der Waals surface area contributed by atoms with Crippen LogP contribution in [0, 0.1) is 16.0 Å². The lowest BCUT2D eigenvalue weighted by Crippen LogP contribution is -2.10. The number of ether oxygens (including phenoxy) is 2. The van der Waals surface area contributed by atoms with E-state index in [-0.39, 0.29) is 23.2 Å². The minimum atomic E-state index is -0.660. The van der Waals surface area contributed by atoms with Crippen LogP contribution in [-0.4, -0.2) is 29.4 Å². The van der Waals surface area contributed by atoms with Crippen LogP contribution in [0.15, 0.2) is 59.2 Å². The zero-order chi connectivity index (χ0) is 21.0. The Morgan fingerprint density at radius 1 is 1.24 bits per heavy atom. The van der Waals surface area contributed by atoms with Gasteiger partial charge in [0.2, 0.25) is 5.90 Å². The molecule has 0 fully saturated rings. The van der Waals surface area contributed by atoms with Crippen LogP contribution in [0.3, 0.4) is 0 Å². The number of hydrogen-bond donors (Lipinski definition) is 0. The zero-order valence-electron chi connectivity index (χ0n) is 15.8. The first-order valence-electron chi connectivity index (χ1n) is 8.88. The van der Waals surface area contributed by atoms with Gasteiger partial charge in [0.15, 0.2) is 5.70 Å². The van der Waals surface area contributed by atoms with Gasteiger partial charge in [-0.1, -0.05) is 32.0 Å². The van der Waals surface area contributed by atoms with E-state index >= 15 is 0 Å². The average molecular weight is 394 g/mol. The van der Waals surface area contributed by atoms with Crippen molar-refractivity contribution in [2.24, 2.45) is 10.9 Å². The third-order valence-corrected chi connectivity index (χ3v) is 3.92. The van der Waals surface area contributed by atoms with Gasteiger partial charge >= 0.3 is 11.9 Å². The van der Waals surface area contributed by atoms with Crippen LogP contribution in [0.1, 0.15) is 35.3 Å². The van der Waals surface area contributed by atoms with E-state index in [1.165, 1.54) is 24.3 Å². The van der Waals surface area contributed by atoms with Gasteiger partial charge in [0.1, 0.15) is 0 Å². The van der Waals surface area contributed by atoms with Crippen LogP contribution >= 0.6 is 0 Å². The lowest BCUT2D eigenvalue weighted by molar-refractivity contribution is -0.384. The fraction of sp³-hybridized carbons (Fsp3) is 0.190. The first kappa shape index (κ1) is 19.9. The van der Waals surface area contributed by atoms with E-state index in [1.54, 1.807) is 30.3 Å². The predicted molar refractivity (Wildman–Crippen MR) is 105 cm³/mol. The van der Waals surface area contributed by atoms with Gasteiger partial charge in [0.25, 0.3) is 5.69 Å². The number of nitrogens with zero attached hydrogens (tertiary/aromatic N) is 2. The fourth-order valence-corrected chi connectivity index (χ4v) is 2.48. The highest BCUT2D eigenvalue weighted by atomic mass is 16.6. The Morgan fingerprint density at radius 3 is 2.62 bits per heavy atom. The number of benzene rings is 2. The molecule has 3 rings (SSSR count). The molecule has 0 spiro atoms. The van der Waals surface area contributed by atoms with E-state index in [1.807, 2.05) is 13.8 Å². The molecule has 0 N–H and O–H groups in total. The summed E-state index contributed by atoms with van der Waals surface area (Å²) in [6.45, 7) is 4.24. The van der Waals surface area contributed by atoms with Crippen LogP contribution in [0.25, 0.3) is 6.08 Å². The summed E-state index contributed by atoms with van der Waals surface area (Å²) < 4.78 is 10.3. The van der Waals surface area contributed by atoms with Crippen LogP contribution in [0.5, 0.6) is 0 Å². The molecule has 0 saturated heterocycles. The van der Waals surface area contributed by atoms with Gasteiger partial charge in [-0.15, -0.1) is 0 Å². The summed E-state index contributed by atoms with van der Waals surface area (Å²) >= 11 is 0. The summed E-state index contributed by atoms with van der Waals surface area (Å²) in [5, 5.41) is 10.9. The van der Waals surface area contributed by atoms with Gasteiger partial charge in [0, 0.05) is 17.7 Å². The third kappa shape index (κ3) is 4.92. The molecule has 8 heteroatoms. The molecule has 0 radical (unpaired) electrons. The highest BCUT2D eigenvalue weighted by molar-refractivity contribution is 6.13. The van der Waals surface area contributed by atoms with Crippen LogP contribution in [0.4, 0.5) is 5.69 Å². The standard InChI is InChI=1S/C21H18N2O6/c1-13(2)12-28-20(24)15-8-6-14(7-9-15)10-18-21(25)29-19(22-18)16-4-3-5-17(11-16)23(26)27/h3-11,13H,12H2,1-2H3/b18-10-. The van der Waals surface area contributed by atoms with Crippen LogP contribution in [-0.2, 0) is 14.3 Å². The second kappa shape index (κ2) is 8.47. The van der Waals surface area contributed by atoms with Crippen molar-refractivity contribution in [1.29, 1.82) is 0 Å². The zero-order valence-corrected chi connectivity index (χ0v) is 15.8. The monoisotopic (exact) mass is 394 g/mol. The molecule has 148 valence electrons. The lowest BCUT2D eigenvalue weighted by Gasteiger charge is -2.07. The topological polar surface area (TPSA) is 108 Å². The molecular formula is C21H18N2O6. The number of rotatable bonds is 6. The summed E-state index contributed by atoms with van der Waals surface area (Å²) in [7, 11) is 0. The molecule has 0 atom stereocenters. The Bertz CT molecular complexity index is 1020. The fourth-order valence-electron chi connectivity index (χ4n) is 2.48. The summed E-state index contributed by atoms with van der Waals surface area (Å²) in [6, 6.07) is 12.2. The maximum Gasteiger partial charge on any atom is 0.363 e. The lowest BCUT2D eigenvalue weighted by atomic mass is 10.1. The molecule has 1 aliphatic rings. The predicted octanol–water partition coefficient (Wildman–Crippen LogP) is 3.75. The Kier molecular flexibility index (Phi) is 5.82. The van der Waals surface area contributed by atoms with E-state index in [4.69, 9.17) is 9.47 Å². The largest absolute Gasteiger partial charge is 0.462 e. The number of cyclic esters (lactones) is 1. The molecule has 0 bridgehead atoms. The summed E-state index contributed by atoms with van der Waals surface area (Å²) in [6.07, 6.45) is 1.51. The van der Waals surface area contributed by atoms with Gasteiger partial charge in [-0.2, -0.15) is 0 Å². The Balaban J connectivity index is 1.78. The van der Waals surface area contributed by atoms with Crippen molar-refractivity contribution in [3.63, 3.8) is 0 Å². The van der Waals surface area contributed by atoms with Crippen molar-refractivity contribution < 1.29 is 24.0 Å². The van der Waals surface area contributed by atoms with E-state index in [2.05, 4.69) is 4.99 Å². The van der Waals surface area contributed by atoms with Crippen molar-refractivity contribution in [3.05, 3.63) is 81.0 Å². The normalized spacial score (nSPS) is 14.7. The van der Waals surface area contributed by atoms with Gasteiger partial charge in [0.05, 0.1) is 17.1 Å². The van der Waals surface area contributed by atoms with Gasteiger partial charge in [-0.05, 0) is 35.8 Å². The highest BCUT2D eigenvalue weighted by Gasteiger charge is 2.25. The number of carbonyl (C=O) groups is 2. The highest BCUT2D eigenvalue weighted by Crippen LogP contribution is 2.22. The number of nitro groups is 1. The molecule has 1 aliphatic heterocycles. The molecule has 0 unspecified atom stereocenters. The molecule has 0 aromatic heterocycles. The molecule has 29 heavy (non-hydrogen) atoms. The van der Waals surface area contributed by atoms with Crippen molar-refractivity contribution in [2.75, 3.05) is 6.61 Å². The maximum absolute atomic E-state index is 12.1. The molecule has 1 heterocycles. The summed E-state index contributed by atoms with van der Waals surface area (Å²) in [5.41, 5.74) is 1.31. The van der Waals surface area contributed by atoms with Gasteiger partial charge in [-0.3, -0.25) is 10.1 Å². The number of nitro benzene ring substituents is 1. The second-order valence-electron chi connectivity index (χ2n) is 6.76. The minimum Gasteiger partial charge on any atom is -0.462 e. The van der Waals surface area contributed by atoms with Gasteiger partial charge in [-0.25, -0.2) is 14.6 Å². The Morgan fingerprint density at radius 2 is 1.97 bits per heavy atom. The Labute approximate surface area is 166 Å². The van der Waals surface area contributed by atoms with E-state index in [0.717, 1.165) is 0 Å². The average Bonchev–Trinajstić information content (AvgIpc) is 3.07. The molecular weight excluding hydrogens is 376 g/mol. The second-order valence-corrected chi connectivity index (χ2v) is 6.76. The molecule has 0 amide bonds. The van der Waals surface area contributed by atoms with Crippen molar-refractivity contribution in [1.82, 2.24) is 0 Å². The number of hydrogen-bond acceptors (Lipinski definition) is 7. The molecule has 0 saturated carbocycles. The van der Waals surface area contributed by atoms with E-state index in [9.17, 15) is 19.7 Å². The van der Waals surface area contributed by atoms with Crippen molar-refractivity contribution in [2.45, 2.75) is 13.8 Å². The number of carbonyl (C=O) groups excluding carboxylic acids is 2. The van der Waals surface area contributed by atoms with Crippen LogP contribution < -0.4 is 0 Å². The maximum atomic E-state index is 12.1. The molecule has 8 nitrogen and oxygen atoms in total. The third-order valence-electron chi connectivity index (χ3n) is 3.92. The smallest absolute Gasteiger partial charge is 0.363 e. The van der Waals surface area contributed by atoms with Crippen molar-refractivity contribution >= 4 is 29.6 Å². The first-order chi connectivity index (χ1) is 13.8. The first-order valence-corrected chi connectivity index (χ1v) is 8.88. The number of aliphatic imine (C=N–C) groups is 1.